The quantitative estimate of drug-likeness (QED) is 0.541. The SMILES string of the molecule is O=C(NCc1cccnc1-n1cccn1)c1cccc(Nc2ncccn2)c1. The van der Waals surface area contributed by atoms with E-state index < -0.39 is 0 Å². The predicted octanol–water partition coefficient (Wildman–Crippen LogP) is 2.73. The van der Waals surface area contributed by atoms with E-state index in [0.29, 0.717) is 23.9 Å². The summed E-state index contributed by atoms with van der Waals surface area (Å²) < 4.78 is 1.67. The second-order valence-electron chi connectivity index (χ2n) is 5.90. The molecule has 0 saturated carbocycles. The number of carbonyl (C=O) groups is 1. The number of pyridine rings is 1. The van der Waals surface area contributed by atoms with Crippen molar-refractivity contribution < 1.29 is 4.79 Å². The number of rotatable bonds is 6. The van der Waals surface area contributed by atoms with E-state index in [9.17, 15) is 4.79 Å². The fraction of sp³-hybridized carbons (Fsp3) is 0.0500. The molecule has 0 bridgehead atoms. The molecule has 3 aromatic heterocycles. The van der Waals surface area contributed by atoms with Crippen molar-refractivity contribution in [3.63, 3.8) is 0 Å². The maximum absolute atomic E-state index is 12.6. The van der Waals surface area contributed by atoms with Crippen LogP contribution >= 0.6 is 0 Å². The summed E-state index contributed by atoms with van der Waals surface area (Å²) in [7, 11) is 0. The number of benzene rings is 1. The molecule has 28 heavy (non-hydrogen) atoms. The Labute approximate surface area is 161 Å². The van der Waals surface area contributed by atoms with Gasteiger partial charge in [-0.25, -0.2) is 19.6 Å². The molecule has 0 saturated heterocycles. The number of amides is 1. The van der Waals surface area contributed by atoms with Crippen LogP contribution in [0.1, 0.15) is 15.9 Å². The van der Waals surface area contributed by atoms with Gasteiger partial charge in [0.1, 0.15) is 0 Å². The maximum Gasteiger partial charge on any atom is 0.251 e. The smallest absolute Gasteiger partial charge is 0.251 e. The van der Waals surface area contributed by atoms with Crippen LogP contribution in [0.3, 0.4) is 0 Å². The number of anilines is 2. The lowest BCUT2D eigenvalue weighted by Gasteiger charge is -2.10. The molecule has 0 unspecified atom stereocenters. The number of hydrogen-bond donors (Lipinski definition) is 2. The Morgan fingerprint density at radius 3 is 2.61 bits per heavy atom. The van der Waals surface area contributed by atoms with Crippen molar-refractivity contribution in [2.45, 2.75) is 6.54 Å². The summed E-state index contributed by atoms with van der Waals surface area (Å²) in [6.07, 6.45) is 8.50. The molecule has 3 heterocycles. The highest BCUT2D eigenvalue weighted by Gasteiger charge is 2.10. The average Bonchev–Trinajstić information content (AvgIpc) is 3.28. The normalized spacial score (nSPS) is 10.4. The van der Waals surface area contributed by atoms with Gasteiger partial charge < -0.3 is 10.6 Å². The zero-order chi connectivity index (χ0) is 19.2. The molecular weight excluding hydrogens is 354 g/mol. The Morgan fingerprint density at radius 2 is 1.79 bits per heavy atom. The fourth-order valence-electron chi connectivity index (χ4n) is 2.68. The van der Waals surface area contributed by atoms with Gasteiger partial charge in [-0.3, -0.25) is 4.79 Å². The van der Waals surface area contributed by atoms with Crippen molar-refractivity contribution in [3.8, 4) is 5.82 Å². The van der Waals surface area contributed by atoms with Gasteiger partial charge in [0.15, 0.2) is 5.82 Å². The highest BCUT2D eigenvalue weighted by Crippen LogP contribution is 2.15. The molecule has 2 N–H and O–H groups in total. The highest BCUT2D eigenvalue weighted by molar-refractivity contribution is 5.95. The van der Waals surface area contributed by atoms with Gasteiger partial charge in [-0.2, -0.15) is 5.10 Å². The molecule has 1 aromatic carbocycles. The lowest BCUT2D eigenvalue weighted by atomic mass is 10.1. The molecular formula is C20H17N7O. The number of hydrogen-bond acceptors (Lipinski definition) is 6. The third kappa shape index (κ3) is 4.01. The van der Waals surface area contributed by atoms with E-state index >= 15 is 0 Å². The third-order valence-corrected chi connectivity index (χ3v) is 3.97. The zero-order valence-corrected chi connectivity index (χ0v) is 14.9. The second-order valence-corrected chi connectivity index (χ2v) is 5.90. The first-order chi connectivity index (χ1) is 13.8. The van der Waals surface area contributed by atoms with Gasteiger partial charge in [-0.05, 0) is 36.4 Å². The second kappa shape index (κ2) is 8.09. The standard InChI is InChI=1S/C20H17N7O/c28-19(15-5-1-7-17(13-15)26-20-22-9-3-10-23-20)24-14-16-6-2-8-21-18(16)27-12-4-11-25-27/h1-13H,14H2,(H,24,28)(H,22,23,26). The van der Waals surface area contributed by atoms with Crippen LogP contribution < -0.4 is 10.6 Å². The van der Waals surface area contributed by atoms with E-state index in [1.807, 2.05) is 30.5 Å². The molecule has 0 aliphatic heterocycles. The lowest BCUT2D eigenvalue weighted by molar-refractivity contribution is 0.0951. The van der Waals surface area contributed by atoms with E-state index in [4.69, 9.17) is 0 Å². The fourth-order valence-corrected chi connectivity index (χ4v) is 2.68. The van der Waals surface area contributed by atoms with E-state index in [-0.39, 0.29) is 5.91 Å². The summed E-state index contributed by atoms with van der Waals surface area (Å²) in [6, 6.07) is 14.5. The van der Waals surface area contributed by atoms with Gasteiger partial charge in [0.25, 0.3) is 5.91 Å². The number of aromatic nitrogens is 5. The minimum Gasteiger partial charge on any atom is -0.348 e. The van der Waals surface area contributed by atoms with Gasteiger partial charge in [-0.15, -0.1) is 0 Å². The Balaban J connectivity index is 1.46. The van der Waals surface area contributed by atoms with Crippen LogP contribution in [0.2, 0.25) is 0 Å². The van der Waals surface area contributed by atoms with E-state index in [0.717, 1.165) is 11.3 Å². The Morgan fingerprint density at radius 1 is 0.929 bits per heavy atom. The minimum atomic E-state index is -0.187. The summed E-state index contributed by atoms with van der Waals surface area (Å²) >= 11 is 0. The summed E-state index contributed by atoms with van der Waals surface area (Å²) in [5.41, 5.74) is 2.13. The first-order valence-corrected chi connectivity index (χ1v) is 8.66. The molecule has 0 radical (unpaired) electrons. The molecule has 0 atom stereocenters. The van der Waals surface area contributed by atoms with Crippen molar-refractivity contribution in [1.29, 1.82) is 0 Å². The average molecular weight is 371 g/mol. The molecule has 8 nitrogen and oxygen atoms in total. The minimum absolute atomic E-state index is 0.187. The van der Waals surface area contributed by atoms with Crippen molar-refractivity contribution in [2.75, 3.05) is 5.32 Å². The van der Waals surface area contributed by atoms with Gasteiger partial charge in [-0.1, -0.05) is 12.1 Å². The summed E-state index contributed by atoms with van der Waals surface area (Å²) in [5, 5.41) is 10.2. The van der Waals surface area contributed by atoms with Crippen LogP contribution in [0.5, 0.6) is 0 Å². The van der Waals surface area contributed by atoms with Crippen LogP contribution in [-0.4, -0.2) is 30.6 Å². The van der Waals surface area contributed by atoms with Gasteiger partial charge in [0.2, 0.25) is 5.95 Å². The van der Waals surface area contributed by atoms with Gasteiger partial charge >= 0.3 is 0 Å². The van der Waals surface area contributed by atoms with Crippen LogP contribution in [0.15, 0.2) is 79.5 Å². The number of nitrogens with one attached hydrogen (secondary N) is 2. The number of nitrogens with zero attached hydrogens (tertiary/aromatic N) is 5. The molecule has 4 aromatic rings. The highest BCUT2D eigenvalue weighted by atomic mass is 16.1. The zero-order valence-electron chi connectivity index (χ0n) is 14.9. The number of carbonyl (C=O) groups excluding carboxylic acids is 1. The topological polar surface area (TPSA) is 97.6 Å². The van der Waals surface area contributed by atoms with E-state index in [1.165, 1.54) is 0 Å². The molecule has 8 heteroatoms. The van der Waals surface area contributed by atoms with Crippen molar-refractivity contribution in [2.24, 2.45) is 0 Å². The van der Waals surface area contributed by atoms with E-state index in [1.54, 1.807) is 53.7 Å². The molecule has 0 spiro atoms. The van der Waals surface area contributed by atoms with E-state index in [2.05, 4.69) is 30.7 Å². The van der Waals surface area contributed by atoms with Crippen LogP contribution in [0.25, 0.3) is 5.82 Å². The molecule has 0 fully saturated rings. The predicted molar refractivity (Wildman–Crippen MR) is 104 cm³/mol. The van der Waals surface area contributed by atoms with Gasteiger partial charge in [0.05, 0.1) is 0 Å². The Bertz CT molecular complexity index is 1060. The summed E-state index contributed by atoms with van der Waals surface area (Å²) in [5.74, 6) is 0.969. The molecule has 138 valence electrons. The summed E-state index contributed by atoms with van der Waals surface area (Å²) in [6.45, 7) is 0.335. The van der Waals surface area contributed by atoms with Crippen molar-refractivity contribution >= 4 is 17.5 Å². The largest absolute Gasteiger partial charge is 0.348 e. The molecule has 4 rings (SSSR count). The van der Waals surface area contributed by atoms with Gasteiger partial charge in [0, 0.05) is 54.3 Å². The van der Waals surface area contributed by atoms with Crippen LogP contribution in [-0.2, 0) is 6.54 Å². The Kier molecular flexibility index (Phi) is 5.01. The third-order valence-electron chi connectivity index (χ3n) is 3.97. The van der Waals surface area contributed by atoms with Crippen LogP contribution in [0.4, 0.5) is 11.6 Å². The maximum atomic E-state index is 12.6. The molecule has 1 amide bonds. The summed E-state index contributed by atoms with van der Waals surface area (Å²) in [4.78, 5) is 25.2. The van der Waals surface area contributed by atoms with Crippen LogP contribution in [0, 0.1) is 0 Å². The molecule has 0 aliphatic carbocycles. The molecule has 0 aliphatic rings. The monoisotopic (exact) mass is 371 g/mol. The van der Waals surface area contributed by atoms with Crippen molar-refractivity contribution in [3.05, 3.63) is 90.6 Å². The first-order valence-electron chi connectivity index (χ1n) is 8.66. The lowest BCUT2D eigenvalue weighted by Crippen LogP contribution is -2.24. The van der Waals surface area contributed by atoms with Crippen molar-refractivity contribution in [1.82, 2.24) is 30.0 Å². The first kappa shape index (κ1) is 17.3. The Hall–Kier alpha value is -4.07.